The number of pyridine rings is 1. The second-order valence-electron chi connectivity index (χ2n) is 12.4. The van der Waals surface area contributed by atoms with Crippen LogP contribution in [0.2, 0.25) is 5.02 Å². The standard InChI is InChI=1S/C32H36ClN5O4/c1-31(2,3)42-30(40)38-18-32(4,5)16-20(38)11-10-19-17-34-14-12-21(19)26-27(25-23(36-26)13-15-35-29(25)39)37-24-9-7-8-22(33)28(24)41-6/h7-9,12,14,17,20,36-37H,13,15-16,18H2,1-6H3,(H,35,39)/t20-/m0/s1. The minimum atomic E-state index is -0.605. The van der Waals surface area contributed by atoms with Crippen molar-refractivity contribution in [3.8, 4) is 28.8 Å². The van der Waals surface area contributed by atoms with E-state index in [1.54, 1.807) is 30.5 Å². The number of para-hydroxylation sites is 1. The van der Waals surface area contributed by atoms with E-state index in [-0.39, 0.29) is 23.5 Å². The SMILES string of the molecule is COc1c(Cl)cccc1Nc1c(-c2ccncc2C#C[C@H]2CC(C)(C)CN2C(=O)OC(C)(C)C)[nH]c2c1C(=O)NCC2. The van der Waals surface area contributed by atoms with Crippen molar-refractivity contribution in [1.29, 1.82) is 0 Å². The van der Waals surface area contributed by atoms with Gasteiger partial charge in [-0.15, -0.1) is 0 Å². The maximum absolute atomic E-state index is 13.1. The number of nitrogens with zero attached hydrogens (tertiary/aromatic N) is 2. The first-order valence-corrected chi connectivity index (χ1v) is 14.3. The van der Waals surface area contributed by atoms with Crippen molar-refractivity contribution in [2.75, 3.05) is 25.5 Å². The molecule has 2 aliphatic heterocycles. The number of aromatic nitrogens is 2. The van der Waals surface area contributed by atoms with Gasteiger partial charge in [-0.25, -0.2) is 4.79 Å². The molecule has 220 valence electrons. The molecule has 1 atom stereocenters. The van der Waals surface area contributed by atoms with Crippen molar-refractivity contribution in [2.24, 2.45) is 5.41 Å². The molecule has 10 heteroatoms. The zero-order chi connectivity index (χ0) is 30.2. The minimum Gasteiger partial charge on any atom is -0.493 e. The van der Waals surface area contributed by atoms with Crippen molar-refractivity contribution in [1.82, 2.24) is 20.2 Å². The predicted molar refractivity (Wildman–Crippen MR) is 163 cm³/mol. The van der Waals surface area contributed by atoms with E-state index >= 15 is 0 Å². The highest BCUT2D eigenvalue weighted by atomic mass is 35.5. The van der Waals surface area contributed by atoms with E-state index in [2.05, 4.69) is 46.3 Å². The number of amides is 2. The van der Waals surface area contributed by atoms with Crippen LogP contribution in [0, 0.1) is 17.3 Å². The van der Waals surface area contributed by atoms with E-state index in [1.165, 1.54) is 0 Å². The average molecular weight is 590 g/mol. The summed E-state index contributed by atoms with van der Waals surface area (Å²) in [4.78, 5) is 35.7. The summed E-state index contributed by atoms with van der Waals surface area (Å²) in [5, 5.41) is 6.80. The summed E-state index contributed by atoms with van der Waals surface area (Å²) in [5.41, 5.74) is 3.98. The van der Waals surface area contributed by atoms with Gasteiger partial charge in [-0.2, -0.15) is 0 Å². The number of nitrogens with one attached hydrogen (secondary N) is 3. The molecule has 0 bridgehead atoms. The van der Waals surface area contributed by atoms with Crippen LogP contribution in [0.5, 0.6) is 5.75 Å². The lowest BCUT2D eigenvalue weighted by molar-refractivity contribution is 0.0246. The van der Waals surface area contributed by atoms with Crippen LogP contribution in [0.1, 0.15) is 62.7 Å². The van der Waals surface area contributed by atoms with Crippen molar-refractivity contribution in [2.45, 2.75) is 59.1 Å². The van der Waals surface area contributed by atoms with Crippen LogP contribution in [0.4, 0.5) is 16.2 Å². The van der Waals surface area contributed by atoms with Gasteiger partial charge in [0.1, 0.15) is 5.60 Å². The number of H-pyrrole nitrogens is 1. The molecule has 0 aliphatic carbocycles. The lowest BCUT2D eigenvalue weighted by Crippen LogP contribution is -2.39. The Morgan fingerprint density at radius 2 is 2.05 bits per heavy atom. The Hall–Kier alpha value is -4.16. The quantitative estimate of drug-likeness (QED) is 0.315. The fourth-order valence-corrected chi connectivity index (χ4v) is 5.69. The molecule has 3 aromatic rings. The Morgan fingerprint density at radius 3 is 2.79 bits per heavy atom. The number of hydrogen-bond acceptors (Lipinski definition) is 6. The first-order chi connectivity index (χ1) is 19.9. The zero-order valence-electron chi connectivity index (χ0n) is 24.8. The van der Waals surface area contributed by atoms with Crippen LogP contribution in [-0.2, 0) is 11.2 Å². The second kappa shape index (κ2) is 11.3. The topological polar surface area (TPSA) is 109 Å². The number of carbonyl (C=O) groups excluding carboxylic acids is 2. The zero-order valence-corrected chi connectivity index (χ0v) is 25.5. The number of benzene rings is 1. The lowest BCUT2D eigenvalue weighted by atomic mass is 9.91. The number of likely N-dealkylation sites (tertiary alicyclic amines) is 1. The van der Waals surface area contributed by atoms with Gasteiger partial charge in [0.15, 0.2) is 5.75 Å². The van der Waals surface area contributed by atoms with Crippen molar-refractivity contribution in [3.63, 3.8) is 0 Å². The molecular weight excluding hydrogens is 554 g/mol. The average Bonchev–Trinajstić information content (AvgIpc) is 3.44. The molecule has 3 N–H and O–H groups in total. The molecule has 2 amide bonds. The number of methoxy groups -OCH3 is 1. The second-order valence-corrected chi connectivity index (χ2v) is 12.8. The summed E-state index contributed by atoms with van der Waals surface area (Å²) in [6, 6.07) is 6.94. The van der Waals surface area contributed by atoms with E-state index in [1.807, 2.05) is 39.0 Å². The summed E-state index contributed by atoms with van der Waals surface area (Å²) in [5.74, 6) is 6.92. The Balaban J connectivity index is 1.57. The number of ether oxygens (including phenoxy) is 2. The Morgan fingerprint density at radius 1 is 1.26 bits per heavy atom. The summed E-state index contributed by atoms with van der Waals surface area (Å²) in [6.07, 6.45) is 4.38. The lowest BCUT2D eigenvalue weighted by Gasteiger charge is -2.27. The van der Waals surface area contributed by atoms with Gasteiger partial charge in [-0.05, 0) is 50.8 Å². The van der Waals surface area contributed by atoms with E-state index < -0.39 is 5.60 Å². The predicted octanol–water partition coefficient (Wildman–Crippen LogP) is 6.16. The molecule has 1 aromatic carbocycles. The largest absolute Gasteiger partial charge is 0.493 e. The van der Waals surface area contributed by atoms with Gasteiger partial charge in [0, 0.05) is 43.2 Å². The first-order valence-electron chi connectivity index (χ1n) is 13.9. The molecule has 0 unspecified atom stereocenters. The number of hydrogen-bond donors (Lipinski definition) is 3. The molecule has 1 fully saturated rings. The number of aromatic amines is 1. The highest BCUT2D eigenvalue weighted by molar-refractivity contribution is 6.32. The van der Waals surface area contributed by atoms with E-state index in [0.29, 0.717) is 64.9 Å². The van der Waals surface area contributed by atoms with Crippen LogP contribution < -0.4 is 15.4 Å². The summed E-state index contributed by atoms with van der Waals surface area (Å²) in [7, 11) is 1.55. The number of halogens is 1. The molecule has 0 saturated carbocycles. The van der Waals surface area contributed by atoms with Gasteiger partial charge in [0.2, 0.25) is 0 Å². The van der Waals surface area contributed by atoms with E-state index in [9.17, 15) is 9.59 Å². The van der Waals surface area contributed by atoms with Gasteiger partial charge in [0.25, 0.3) is 5.91 Å². The molecule has 4 heterocycles. The van der Waals surface area contributed by atoms with Crippen molar-refractivity contribution >= 4 is 35.0 Å². The molecule has 0 spiro atoms. The minimum absolute atomic E-state index is 0.104. The summed E-state index contributed by atoms with van der Waals surface area (Å²) >= 11 is 6.40. The van der Waals surface area contributed by atoms with Crippen LogP contribution >= 0.6 is 11.6 Å². The van der Waals surface area contributed by atoms with Crippen LogP contribution in [0.15, 0.2) is 36.7 Å². The molecule has 0 radical (unpaired) electrons. The normalized spacial score (nSPS) is 17.5. The summed E-state index contributed by atoms with van der Waals surface area (Å²) in [6.45, 7) is 10.9. The van der Waals surface area contributed by atoms with Gasteiger partial charge < -0.3 is 25.1 Å². The van der Waals surface area contributed by atoms with Gasteiger partial charge in [-0.1, -0.05) is 43.4 Å². The maximum Gasteiger partial charge on any atom is 0.411 e. The van der Waals surface area contributed by atoms with Gasteiger partial charge in [0.05, 0.1) is 46.4 Å². The third-order valence-electron chi connectivity index (χ3n) is 7.21. The van der Waals surface area contributed by atoms with Crippen LogP contribution in [0.3, 0.4) is 0 Å². The molecule has 9 nitrogen and oxygen atoms in total. The number of fused-ring (bicyclic) bond motifs is 1. The Labute approximate surface area is 251 Å². The number of rotatable bonds is 4. The number of carbonyl (C=O) groups is 2. The van der Waals surface area contributed by atoms with E-state index in [4.69, 9.17) is 21.1 Å². The van der Waals surface area contributed by atoms with Crippen LogP contribution in [-0.4, -0.2) is 58.7 Å². The fraction of sp³-hybridized carbons (Fsp3) is 0.406. The fourth-order valence-electron chi connectivity index (χ4n) is 5.44. The monoisotopic (exact) mass is 589 g/mol. The Kier molecular flexibility index (Phi) is 7.86. The molecule has 1 saturated heterocycles. The smallest absolute Gasteiger partial charge is 0.411 e. The highest BCUT2D eigenvalue weighted by Gasteiger charge is 2.41. The van der Waals surface area contributed by atoms with Crippen molar-refractivity contribution in [3.05, 3.63) is 58.5 Å². The maximum atomic E-state index is 13.1. The molecule has 5 rings (SSSR count). The van der Waals surface area contributed by atoms with Gasteiger partial charge >= 0.3 is 6.09 Å². The molecule has 2 aliphatic rings. The molecule has 2 aromatic heterocycles. The first kappa shape index (κ1) is 29.3. The van der Waals surface area contributed by atoms with E-state index in [0.717, 1.165) is 11.3 Å². The Bertz CT molecular complexity index is 1590. The van der Waals surface area contributed by atoms with Gasteiger partial charge in [-0.3, -0.25) is 14.7 Å². The third-order valence-corrected chi connectivity index (χ3v) is 7.51. The molecular formula is C32H36ClN5O4. The van der Waals surface area contributed by atoms with Crippen LogP contribution in [0.25, 0.3) is 11.3 Å². The third kappa shape index (κ3) is 6.04. The molecule has 42 heavy (non-hydrogen) atoms. The van der Waals surface area contributed by atoms with Crippen molar-refractivity contribution < 1.29 is 19.1 Å². The number of anilines is 2. The highest BCUT2D eigenvalue weighted by Crippen LogP contribution is 2.41. The summed E-state index contributed by atoms with van der Waals surface area (Å²) < 4.78 is 11.2.